The van der Waals surface area contributed by atoms with E-state index in [2.05, 4.69) is 25.0 Å². The van der Waals surface area contributed by atoms with Crippen LogP contribution < -0.4 is 11.1 Å². The Hall–Kier alpha value is -2.96. The third kappa shape index (κ3) is 2.28. The van der Waals surface area contributed by atoms with Crippen LogP contribution in [0.3, 0.4) is 0 Å². The van der Waals surface area contributed by atoms with Gasteiger partial charge in [0, 0.05) is 11.1 Å². The van der Waals surface area contributed by atoms with Gasteiger partial charge in [0.1, 0.15) is 5.69 Å². The average molecular weight is 269 g/mol. The van der Waals surface area contributed by atoms with Crippen molar-refractivity contribution in [1.82, 2.24) is 20.4 Å². The molecule has 0 fully saturated rings. The second-order valence-electron chi connectivity index (χ2n) is 4.14. The number of amides is 1. The first-order valence-corrected chi connectivity index (χ1v) is 5.93. The highest BCUT2D eigenvalue weighted by Crippen LogP contribution is 2.19. The molecule has 0 aliphatic rings. The Morgan fingerprint density at radius 2 is 2.20 bits per heavy atom. The summed E-state index contributed by atoms with van der Waals surface area (Å²) in [5.41, 5.74) is 7.37. The van der Waals surface area contributed by atoms with Gasteiger partial charge in [-0.15, -0.1) is 0 Å². The van der Waals surface area contributed by atoms with Crippen molar-refractivity contribution in [2.45, 2.75) is 6.54 Å². The number of hydrogen-bond donors (Lipinski definition) is 2. The second-order valence-corrected chi connectivity index (χ2v) is 4.14. The van der Waals surface area contributed by atoms with Gasteiger partial charge in [-0.1, -0.05) is 23.4 Å². The molecule has 3 rings (SSSR count). The van der Waals surface area contributed by atoms with E-state index in [1.54, 1.807) is 6.07 Å². The van der Waals surface area contributed by atoms with Crippen LogP contribution in [0, 0.1) is 0 Å². The number of aromatic nitrogens is 3. The van der Waals surface area contributed by atoms with Crippen molar-refractivity contribution in [3.05, 3.63) is 48.2 Å². The minimum Gasteiger partial charge on any atom is -0.398 e. The minimum atomic E-state index is -0.341. The van der Waals surface area contributed by atoms with Gasteiger partial charge in [0.15, 0.2) is 5.82 Å². The van der Waals surface area contributed by atoms with E-state index in [9.17, 15) is 4.79 Å². The van der Waals surface area contributed by atoms with Crippen LogP contribution in [0.25, 0.3) is 10.9 Å². The number of nitrogens with one attached hydrogen (secondary N) is 1. The van der Waals surface area contributed by atoms with E-state index in [4.69, 9.17) is 5.73 Å². The van der Waals surface area contributed by atoms with E-state index in [0.29, 0.717) is 17.0 Å². The number of anilines is 1. The number of nitrogen functional groups attached to an aromatic ring is 1. The van der Waals surface area contributed by atoms with Crippen LogP contribution in [-0.2, 0) is 6.54 Å². The quantitative estimate of drug-likeness (QED) is 0.738. The molecule has 0 saturated heterocycles. The number of carbonyl (C=O) groups excluding carboxylic acids is 1. The smallest absolute Gasteiger partial charge is 0.270 e. The van der Waals surface area contributed by atoms with E-state index in [-0.39, 0.29) is 18.1 Å². The molecular weight excluding hydrogens is 258 g/mol. The molecule has 0 radical (unpaired) electrons. The first-order valence-electron chi connectivity index (χ1n) is 5.93. The monoisotopic (exact) mass is 269 g/mol. The molecule has 1 aromatic carbocycles. The number of para-hydroxylation sites is 1. The molecule has 7 heteroatoms. The van der Waals surface area contributed by atoms with Crippen molar-refractivity contribution in [3.63, 3.8) is 0 Å². The van der Waals surface area contributed by atoms with Gasteiger partial charge in [0.2, 0.25) is 6.39 Å². The molecule has 0 aliphatic heterocycles. The normalized spacial score (nSPS) is 10.6. The van der Waals surface area contributed by atoms with Crippen molar-refractivity contribution in [1.29, 1.82) is 0 Å². The highest BCUT2D eigenvalue weighted by molar-refractivity contribution is 5.99. The van der Waals surface area contributed by atoms with Crippen molar-refractivity contribution in [2.24, 2.45) is 0 Å². The highest BCUT2D eigenvalue weighted by atomic mass is 16.5. The molecule has 1 amide bonds. The maximum atomic E-state index is 12.0. The number of nitrogens with zero attached hydrogens (tertiary/aromatic N) is 3. The first kappa shape index (κ1) is 12.1. The molecule has 0 bridgehead atoms. The molecule has 2 heterocycles. The highest BCUT2D eigenvalue weighted by Gasteiger charge is 2.11. The Balaban J connectivity index is 1.84. The Morgan fingerprint density at radius 1 is 1.35 bits per heavy atom. The molecule has 20 heavy (non-hydrogen) atoms. The van der Waals surface area contributed by atoms with Crippen molar-refractivity contribution < 1.29 is 9.32 Å². The summed E-state index contributed by atoms with van der Waals surface area (Å²) in [6.07, 6.45) is 1.20. The molecule has 3 N–H and O–H groups in total. The second kappa shape index (κ2) is 4.96. The molecule has 0 saturated carbocycles. The fraction of sp³-hybridized carbons (Fsp3) is 0.0769. The van der Waals surface area contributed by atoms with Gasteiger partial charge in [0.05, 0.1) is 12.1 Å². The van der Waals surface area contributed by atoms with Crippen molar-refractivity contribution in [3.8, 4) is 0 Å². The summed E-state index contributed by atoms with van der Waals surface area (Å²) >= 11 is 0. The summed E-state index contributed by atoms with van der Waals surface area (Å²) in [5, 5.41) is 7.08. The molecule has 0 atom stereocenters. The first-order chi connectivity index (χ1) is 9.74. The zero-order chi connectivity index (χ0) is 13.9. The summed E-state index contributed by atoms with van der Waals surface area (Å²) in [4.78, 5) is 20.1. The Morgan fingerprint density at radius 3 is 3.00 bits per heavy atom. The molecule has 0 aliphatic carbocycles. The Bertz CT molecular complexity index is 755. The van der Waals surface area contributed by atoms with Crippen molar-refractivity contribution in [2.75, 3.05) is 5.73 Å². The fourth-order valence-electron chi connectivity index (χ4n) is 1.84. The van der Waals surface area contributed by atoms with Crippen LogP contribution in [0.1, 0.15) is 16.3 Å². The Kier molecular flexibility index (Phi) is 3.00. The lowest BCUT2D eigenvalue weighted by atomic mass is 10.1. The van der Waals surface area contributed by atoms with Gasteiger partial charge < -0.3 is 15.6 Å². The van der Waals surface area contributed by atoms with E-state index >= 15 is 0 Å². The lowest BCUT2D eigenvalue weighted by Crippen LogP contribution is -2.24. The SMILES string of the molecule is Nc1cc(C(=O)NCc2ncon2)nc2ccccc12. The Labute approximate surface area is 113 Å². The number of nitrogens with two attached hydrogens (primary N) is 1. The molecule has 100 valence electrons. The number of rotatable bonds is 3. The van der Waals surface area contributed by atoms with E-state index in [0.717, 1.165) is 5.39 Å². The summed E-state index contributed by atoms with van der Waals surface area (Å²) < 4.78 is 4.58. The fourth-order valence-corrected chi connectivity index (χ4v) is 1.84. The van der Waals surface area contributed by atoms with Crippen LogP contribution in [0.5, 0.6) is 0 Å². The van der Waals surface area contributed by atoms with Gasteiger partial charge in [-0.25, -0.2) is 4.98 Å². The van der Waals surface area contributed by atoms with Gasteiger partial charge >= 0.3 is 0 Å². The summed E-state index contributed by atoms with van der Waals surface area (Å²) in [5.74, 6) is 0.0550. The number of fused-ring (bicyclic) bond motifs is 1. The summed E-state index contributed by atoms with van der Waals surface area (Å²) in [6.45, 7) is 0.170. The van der Waals surface area contributed by atoms with Gasteiger partial charge in [-0.3, -0.25) is 4.79 Å². The van der Waals surface area contributed by atoms with E-state index in [1.807, 2.05) is 24.3 Å². The summed E-state index contributed by atoms with van der Waals surface area (Å²) in [6, 6.07) is 8.93. The number of hydrogen-bond acceptors (Lipinski definition) is 6. The molecule has 0 spiro atoms. The molecule has 2 aromatic heterocycles. The van der Waals surface area contributed by atoms with Crippen LogP contribution in [-0.4, -0.2) is 21.0 Å². The third-order valence-electron chi connectivity index (χ3n) is 2.79. The van der Waals surface area contributed by atoms with E-state index in [1.165, 1.54) is 6.39 Å². The molecular formula is C13H11N5O2. The maximum Gasteiger partial charge on any atom is 0.270 e. The predicted molar refractivity (Wildman–Crippen MR) is 71.6 cm³/mol. The zero-order valence-electron chi connectivity index (χ0n) is 10.4. The van der Waals surface area contributed by atoms with Gasteiger partial charge in [-0.2, -0.15) is 4.98 Å². The van der Waals surface area contributed by atoms with Crippen LogP contribution in [0.15, 0.2) is 41.2 Å². The van der Waals surface area contributed by atoms with Crippen LogP contribution in [0.4, 0.5) is 5.69 Å². The van der Waals surface area contributed by atoms with Crippen LogP contribution >= 0.6 is 0 Å². The van der Waals surface area contributed by atoms with Crippen molar-refractivity contribution >= 4 is 22.5 Å². The minimum absolute atomic E-state index is 0.170. The maximum absolute atomic E-state index is 12.0. The lowest BCUT2D eigenvalue weighted by molar-refractivity contribution is 0.0945. The van der Waals surface area contributed by atoms with Crippen LogP contribution in [0.2, 0.25) is 0 Å². The molecule has 0 unspecified atom stereocenters. The molecule has 3 aromatic rings. The summed E-state index contributed by atoms with van der Waals surface area (Å²) in [7, 11) is 0. The van der Waals surface area contributed by atoms with Gasteiger partial charge in [0.25, 0.3) is 5.91 Å². The van der Waals surface area contributed by atoms with E-state index < -0.39 is 0 Å². The predicted octanol–water partition coefficient (Wildman–Crippen LogP) is 1.13. The standard InChI is InChI=1S/C13H11N5O2/c14-9-5-11(17-10-4-2-1-3-8(9)10)13(19)15-6-12-16-7-20-18-12/h1-5,7H,6H2,(H2,14,17)(H,15,19). The number of pyridine rings is 1. The third-order valence-corrected chi connectivity index (χ3v) is 2.79. The zero-order valence-corrected chi connectivity index (χ0v) is 10.4. The topological polar surface area (TPSA) is 107 Å². The molecule has 7 nitrogen and oxygen atoms in total. The average Bonchev–Trinajstić information content (AvgIpc) is 2.98. The van der Waals surface area contributed by atoms with Gasteiger partial charge in [-0.05, 0) is 12.1 Å². The largest absolute Gasteiger partial charge is 0.398 e. The lowest BCUT2D eigenvalue weighted by Gasteiger charge is -2.06. The number of carbonyl (C=O) groups is 1. The number of benzene rings is 1.